The van der Waals surface area contributed by atoms with Crippen LogP contribution in [0.4, 0.5) is 18.9 Å². The summed E-state index contributed by atoms with van der Waals surface area (Å²) in [5, 5.41) is 10.8. The second kappa shape index (κ2) is 5.64. The summed E-state index contributed by atoms with van der Waals surface area (Å²) in [5.41, 5.74) is -0.846. The molecule has 116 valence electrons. The van der Waals surface area contributed by atoms with Gasteiger partial charge in [0.05, 0.1) is 4.92 Å². The van der Waals surface area contributed by atoms with Gasteiger partial charge in [-0.2, -0.15) is 8.42 Å². The Morgan fingerprint density at radius 2 is 1.59 bits per heavy atom. The second-order valence-corrected chi connectivity index (χ2v) is 5.50. The molecule has 2 rings (SSSR count). The fraction of sp³-hybridized carbons (Fsp3) is 0. The Morgan fingerprint density at radius 3 is 2.23 bits per heavy atom. The fourth-order valence-electron chi connectivity index (χ4n) is 1.54. The van der Waals surface area contributed by atoms with Crippen LogP contribution in [-0.4, -0.2) is 13.3 Å². The van der Waals surface area contributed by atoms with Gasteiger partial charge in [0.1, 0.15) is 22.3 Å². The smallest absolute Gasteiger partial charge is 0.342 e. The van der Waals surface area contributed by atoms with Crippen molar-refractivity contribution >= 4 is 15.8 Å². The predicted octanol–water partition coefficient (Wildman–Crippen LogP) is 2.78. The number of halogens is 3. The molecule has 0 unspecified atom stereocenters. The van der Waals surface area contributed by atoms with Crippen LogP contribution in [0, 0.1) is 27.6 Å². The van der Waals surface area contributed by atoms with E-state index in [9.17, 15) is 31.7 Å². The standard InChI is InChI=1S/C12H6F3NO5S/c13-7-2-4-10(16(17)18)11(5-7)21-22(19,20)12-6-8(14)1-3-9(12)15/h1-6H. The van der Waals surface area contributed by atoms with Gasteiger partial charge in [0, 0.05) is 12.1 Å². The number of hydrogen-bond acceptors (Lipinski definition) is 5. The van der Waals surface area contributed by atoms with Crippen LogP contribution in [0.5, 0.6) is 5.75 Å². The van der Waals surface area contributed by atoms with Crippen LogP contribution in [0.25, 0.3) is 0 Å². The fourth-order valence-corrected chi connectivity index (χ4v) is 2.56. The predicted molar refractivity (Wildman–Crippen MR) is 67.2 cm³/mol. The molecule has 0 saturated carbocycles. The molecule has 0 heterocycles. The number of rotatable bonds is 4. The van der Waals surface area contributed by atoms with Crippen LogP contribution in [0.3, 0.4) is 0 Å². The van der Waals surface area contributed by atoms with Crippen molar-refractivity contribution in [1.82, 2.24) is 0 Å². The molecule has 0 aliphatic carbocycles. The summed E-state index contributed by atoms with van der Waals surface area (Å²) in [6.07, 6.45) is 0. The van der Waals surface area contributed by atoms with Crippen LogP contribution >= 0.6 is 0 Å². The molecule has 2 aromatic rings. The van der Waals surface area contributed by atoms with E-state index in [0.717, 1.165) is 6.07 Å². The van der Waals surface area contributed by atoms with Gasteiger partial charge >= 0.3 is 15.8 Å². The van der Waals surface area contributed by atoms with E-state index in [1.807, 2.05) is 0 Å². The topological polar surface area (TPSA) is 86.5 Å². The minimum absolute atomic E-state index is 0.343. The molecule has 6 nitrogen and oxygen atoms in total. The van der Waals surface area contributed by atoms with Gasteiger partial charge in [-0.3, -0.25) is 10.1 Å². The summed E-state index contributed by atoms with van der Waals surface area (Å²) in [6, 6.07) is 3.43. The summed E-state index contributed by atoms with van der Waals surface area (Å²) in [7, 11) is -4.93. The van der Waals surface area contributed by atoms with Gasteiger partial charge in [-0.25, -0.2) is 13.2 Å². The monoisotopic (exact) mass is 333 g/mol. The number of hydrogen-bond donors (Lipinski definition) is 0. The molecule has 0 radical (unpaired) electrons. The summed E-state index contributed by atoms with van der Waals surface area (Å²) in [6.45, 7) is 0. The normalized spacial score (nSPS) is 11.2. The first kappa shape index (κ1) is 15.8. The number of nitro benzene ring substituents is 1. The van der Waals surface area contributed by atoms with Crippen molar-refractivity contribution in [3.8, 4) is 5.75 Å². The zero-order valence-corrected chi connectivity index (χ0v) is 11.3. The van der Waals surface area contributed by atoms with Crippen LogP contribution in [0.2, 0.25) is 0 Å². The van der Waals surface area contributed by atoms with Crippen molar-refractivity contribution in [3.05, 3.63) is 64.0 Å². The Labute approximate surface area is 122 Å². The Hall–Kier alpha value is -2.62. The molecule has 2 aromatic carbocycles. The molecule has 0 N–H and O–H groups in total. The maximum absolute atomic E-state index is 13.5. The highest BCUT2D eigenvalue weighted by Gasteiger charge is 2.27. The highest BCUT2D eigenvalue weighted by molar-refractivity contribution is 7.87. The van der Waals surface area contributed by atoms with E-state index < -0.39 is 48.8 Å². The van der Waals surface area contributed by atoms with E-state index in [2.05, 4.69) is 4.18 Å². The minimum atomic E-state index is -4.93. The number of nitro groups is 1. The second-order valence-electron chi connectivity index (χ2n) is 3.98. The molecule has 0 aliphatic rings. The molecule has 0 saturated heterocycles. The average Bonchev–Trinajstić information content (AvgIpc) is 2.40. The Morgan fingerprint density at radius 1 is 1.00 bits per heavy atom. The van der Waals surface area contributed by atoms with Crippen LogP contribution < -0.4 is 4.18 Å². The van der Waals surface area contributed by atoms with Gasteiger partial charge in [-0.15, -0.1) is 0 Å². The largest absolute Gasteiger partial charge is 0.371 e. The van der Waals surface area contributed by atoms with E-state index in [1.165, 1.54) is 0 Å². The molecule has 22 heavy (non-hydrogen) atoms. The van der Waals surface area contributed by atoms with Crippen molar-refractivity contribution in [2.45, 2.75) is 4.90 Å². The maximum atomic E-state index is 13.5. The van der Waals surface area contributed by atoms with Crippen molar-refractivity contribution in [1.29, 1.82) is 0 Å². The third-order valence-corrected chi connectivity index (χ3v) is 3.73. The van der Waals surface area contributed by atoms with Crippen LogP contribution in [-0.2, 0) is 10.1 Å². The summed E-state index contributed by atoms with van der Waals surface area (Å²) in [5.74, 6) is -4.33. The molecule has 0 aliphatic heterocycles. The first-order valence-corrected chi connectivity index (χ1v) is 6.95. The third-order valence-electron chi connectivity index (χ3n) is 2.48. The molecule has 0 aromatic heterocycles. The average molecular weight is 333 g/mol. The lowest BCUT2D eigenvalue weighted by molar-refractivity contribution is -0.385. The quantitative estimate of drug-likeness (QED) is 0.488. The number of nitrogens with zero attached hydrogens (tertiary/aromatic N) is 1. The Kier molecular flexibility index (Phi) is 4.04. The zero-order chi connectivity index (χ0) is 16.5. The van der Waals surface area contributed by atoms with Crippen LogP contribution in [0.15, 0.2) is 41.3 Å². The van der Waals surface area contributed by atoms with E-state index in [1.54, 1.807) is 0 Å². The first-order chi connectivity index (χ1) is 10.2. The SMILES string of the molecule is O=[N+]([O-])c1ccc(F)cc1OS(=O)(=O)c1cc(F)ccc1F. The third kappa shape index (κ3) is 3.17. The highest BCUT2D eigenvalue weighted by Crippen LogP contribution is 2.30. The lowest BCUT2D eigenvalue weighted by Gasteiger charge is -2.08. The number of benzene rings is 2. The van der Waals surface area contributed by atoms with E-state index in [0.29, 0.717) is 30.3 Å². The summed E-state index contributed by atoms with van der Waals surface area (Å²) < 4.78 is 67.8. The molecule has 10 heteroatoms. The molecule has 0 spiro atoms. The Balaban J connectivity index is 2.52. The Bertz CT molecular complexity index is 854. The van der Waals surface area contributed by atoms with Gasteiger partial charge in [0.25, 0.3) is 0 Å². The van der Waals surface area contributed by atoms with E-state index in [4.69, 9.17) is 0 Å². The molecular weight excluding hydrogens is 327 g/mol. The zero-order valence-electron chi connectivity index (χ0n) is 10.5. The van der Waals surface area contributed by atoms with Crippen molar-refractivity contribution in [3.63, 3.8) is 0 Å². The molecule has 0 bridgehead atoms. The van der Waals surface area contributed by atoms with Crippen molar-refractivity contribution in [2.24, 2.45) is 0 Å². The van der Waals surface area contributed by atoms with Gasteiger partial charge in [-0.1, -0.05) is 0 Å². The maximum Gasteiger partial charge on any atom is 0.342 e. The minimum Gasteiger partial charge on any atom is -0.371 e. The van der Waals surface area contributed by atoms with Gasteiger partial charge in [0.15, 0.2) is 0 Å². The van der Waals surface area contributed by atoms with Gasteiger partial charge < -0.3 is 4.18 Å². The lowest BCUT2D eigenvalue weighted by atomic mass is 10.3. The van der Waals surface area contributed by atoms with E-state index >= 15 is 0 Å². The van der Waals surface area contributed by atoms with E-state index in [-0.39, 0.29) is 0 Å². The summed E-state index contributed by atoms with van der Waals surface area (Å²) >= 11 is 0. The summed E-state index contributed by atoms with van der Waals surface area (Å²) in [4.78, 5) is 8.58. The molecule has 0 fully saturated rings. The van der Waals surface area contributed by atoms with Gasteiger partial charge in [0.2, 0.25) is 5.75 Å². The van der Waals surface area contributed by atoms with Crippen LogP contribution in [0.1, 0.15) is 0 Å². The molecule has 0 amide bonds. The lowest BCUT2D eigenvalue weighted by Crippen LogP contribution is -2.13. The highest BCUT2D eigenvalue weighted by atomic mass is 32.2. The first-order valence-electron chi connectivity index (χ1n) is 5.54. The van der Waals surface area contributed by atoms with Crippen molar-refractivity contribution < 1.29 is 30.7 Å². The van der Waals surface area contributed by atoms with Gasteiger partial charge in [-0.05, 0) is 24.3 Å². The molecular formula is C12H6F3NO5S. The molecule has 0 atom stereocenters. The van der Waals surface area contributed by atoms with Crippen molar-refractivity contribution in [2.75, 3.05) is 0 Å².